The molecule has 0 aliphatic carbocycles. The summed E-state index contributed by atoms with van der Waals surface area (Å²) in [6.07, 6.45) is 3.81. The Bertz CT molecular complexity index is 991. The van der Waals surface area contributed by atoms with Crippen LogP contribution in [0.3, 0.4) is 0 Å². The van der Waals surface area contributed by atoms with Crippen LogP contribution in [-0.4, -0.2) is 76.5 Å². The van der Waals surface area contributed by atoms with E-state index < -0.39 is 24.6 Å². The van der Waals surface area contributed by atoms with E-state index in [9.17, 15) is 10.2 Å². The number of rotatable bonds is 14. The molecule has 0 bridgehead atoms. The molecule has 2 N–H and O–H groups in total. The molecule has 2 aromatic carbocycles. The van der Waals surface area contributed by atoms with E-state index in [-0.39, 0.29) is 13.2 Å². The summed E-state index contributed by atoms with van der Waals surface area (Å²) in [6, 6.07) is 9.41. The third-order valence-electron chi connectivity index (χ3n) is 6.20. The van der Waals surface area contributed by atoms with Crippen molar-refractivity contribution in [1.82, 2.24) is 0 Å². The molecule has 2 aromatic rings. The zero-order valence-electron chi connectivity index (χ0n) is 22.8. The molecule has 38 heavy (non-hydrogen) atoms. The van der Waals surface area contributed by atoms with Gasteiger partial charge in [-0.2, -0.15) is 0 Å². The van der Waals surface area contributed by atoms with Gasteiger partial charge in [0.15, 0.2) is 17.8 Å². The van der Waals surface area contributed by atoms with Gasteiger partial charge in [0.1, 0.15) is 17.6 Å². The van der Waals surface area contributed by atoms with Gasteiger partial charge in [-0.05, 0) is 41.8 Å². The van der Waals surface area contributed by atoms with E-state index in [4.69, 9.17) is 33.2 Å². The van der Waals surface area contributed by atoms with Crippen LogP contribution in [0.2, 0.25) is 0 Å². The molecule has 3 rings (SSSR count). The molecule has 1 aliphatic rings. The molecular weight excluding hydrogens is 492 g/mol. The van der Waals surface area contributed by atoms with Crippen molar-refractivity contribution in [3.05, 3.63) is 47.5 Å². The molecule has 0 spiro atoms. The highest BCUT2D eigenvalue weighted by molar-refractivity contribution is 5.62. The first kappa shape index (κ1) is 29.6. The number of ether oxygens (including phenoxy) is 7. The Morgan fingerprint density at radius 1 is 0.947 bits per heavy atom. The lowest BCUT2D eigenvalue weighted by Crippen LogP contribution is -2.40. The zero-order chi connectivity index (χ0) is 27.5. The van der Waals surface area contributed by atoms with E-state index in [0.717, 1.165) is 17.5 Å². The fourth-order valence-electron chi connectivity index (χ4n) is 4.30. The maximum atomic E-state index is 10.2. The molecule has 0 saturated carbocycles. The number of aliphatic hydroxyl groups excluding tert-OH is 2. The maximum Gasteiger partial charge on any atom is 0.203 e. The summed E-state index contributed by atoms with van der Waals surface area (Å²) in [6.45, 7) is 2.02. The molecule has 0 amide bonds. The van der Waals surface area contributed by atoms with Crippen LogP contribution in [0.4, 0.5) is 0 Å². The Morgan fingerprint density at radius 3 is 2.16 bits per heavy atom. The molecule has 1 heterocycles. The van der Waals surface area contributed by atoms with Gasteiger partial charge >= 0.3 is 0 Å². The second kappa shape index (κ2) is 14.8. The maximum absolute atomic E-state index is 10.2. The van der Waals surface area contributed by atoms with E-state index in [0.29, 0.717) is 48.0 Å². The Hall–Kier alpha value is -2.98. The number of benzene rings is 2. The van der Waals surface area contributed by atoms with Crippen LogP contribution in [-0.2, 0) is 15.9 Å². The summed E-state index contributed by atoms with van der Waals surface area (Å²) in [4.78, 5) is 0. The van der Waals surface area contributed by atoms with Crippen molar-refractivity contribution >= 4 is 6.08 Å². The molecule has 1 saturated heterocycles. The van der Waals surface area contributed by atoms with Crippen molar-refractivity contribution in [3.63, 3.8) is 0 Å². The van der Waals surface area contributed by atoms with E-state index in [1.807, 2.05) is 30.3 Å². The fraction of sp³-hybridized carbons (Fsp3) is 0.517. The van der Waals surface area contributed by atoms with Crippen LogP contribution in [0, 0.1) is 0 Å². The standard InChI is InChI=1S/C29H40O9/c1-6-7-8-19-12-26(34-4)29(27(13-19)35-5)38-25(11-20-9-22(32-2)16-23(10-20)33-3)18-36-28-15-21(31)14-24(17-30)37-28/h7-10,12-13,16,21,24-25,28,30-31H,6,11,14-15,17-18H2,1-5H3/b8-7+. The van der Waals surface area contributed by atoms with Gasteiger partial charge in [-0.15, -0.1) is 0 Å². The predicted molar refractivity (Wildman–Crippen MR) is 143 cm³/mol. The Balaban J connectivity index is 1.90. The molecule has 0 radical (unpaired) electrons. The van der Waals surface area contributed by atoms with E-state index in [2.05, 4.69) is 13.0 Å². The smallest absolute Gasteiger partial charge is 0.203 e. The quantitative estimate of drug-likeness (QED) is 0.373. The third-order valence-corrected chi connectivity index (χ3v) is 6.20. The van der Waals surface area contributed by atoms with Gasteiger partial charge in [-0.1, -0.05) is 19.1 Å². The summed E-state index contributed by atoms with van der Waals surface area (Å²) in [5.41, 5.74) is 1.84. The largest absolute Gasteiger partial charge is 0.497 e. The first-order valence-electron chi connectivity index (χ1n) is 12.8. The van der Waals surface area contributed by atoms with Crippen LogP contribution >= 0.6 is 0 Å². The third kappa shape index (κ3) is 8.26. The van der Waals surface area contributed by atoms with Crippen molar-refractivity contribution in [2.45, 2.75) is 57.2 Å². The van der Waals surface area contributed by atoms with Gasteiger partial charge in [0, 0.05) is 25.3 Å². The molecule has 4 atom stereocenters. The van der Waals surface area contributed by atoms with Gasteiger partial charge in [-0.3, -0.25) is 0 Å². The molecule has 210 valence electrons. The summed E-state index contributed by atoms with van der Waals surface area (Å²) >= 11 is 0. The Morgan fingerprint density at radius 2 is 1.61 bits per heavy atom. The summed E-state index contributed by atoms with van der Waals surface area (Å²) in [5.74, 6) is 2.82. The van der Waals surface area contributed by atoms with Crippen molar-refractivity contribution < 1.29 is 43.4 Å². The summed E-state index contributed by atoms with van der Waals surface area (Å²) < 4.78 is 40.5. The van der Waals surface area contributed by atoms with Gasteiger partial charge in [-0.25, -0.2) is 0 Å². The van der Waals surface area contributed by atoms with Gasteiger partial charge in [0.25, 0.3) is 0 Å². The molecular formula is C29H40O9. The van der Waals surface area contributed by atoms with Gasteiger partial charge in [0.05, 0.1) is 53.9 Å². The van der Waals surface area contributed by atoms with Crippen molar-refractivity contribution in [1.29, 1.82) is 0 Å². The summed E-state index contributed by atoms with van der Waals surface area (Å²) in [5, 5.41) is 19.7. The molecule has 9 nitrogen and oxygen atoms in total. The highest BCUT2D eigenvalue weighted by Crippen LogP contribution is 2.40. The highest BCUT2D eigenvalue weighted by atomic mass is 16.7. The van der Waals surface area contributed by atoms with Crippen LogP contribution in [0.5, 0.6) is 28.7 Å². The van der Waals surface area contributed by atoms with Crippen LogP contribution < -0.4 is 23.7 Å². The first-order chi connectivity index (χ1) is 18.4. The SMILES string of the molecule is CC/C=C/c1cc(OC)c(OC(COC2CC(O)CC(CO)O2)Cc2cc(OC)cc(OC)c2)c(OC)c1. The van der Waals surface area contributed by atoms with E-state index >= 15 is 0 Å². The number of hydrogen-bond acceptors (Lipinski definition) is 9. The minimum absolute atomic E-state index is 0.138. The van der Waals surface area contributed by atoms with E-state index in [1.165, 1.54) is 0 Å². The average molecular weight is 533 g/mol. The number of allylic oxidation sites excluding steroid dienone is 1. The first-order valence-corrected chi connectivity index (χ1v) is 12.8. The van der Waals surface area contributed by atoms with Crippen LogP contribution in [0.15, 0.2) is 36.4 Å². The average Bonchev–Trinajstić information content (AvgIpc) is 2.94. The Kier molecular flexibility index (Phi) is 11.5. The number of hydrogen-bond donors (Lipinski definition) is 2. The normalized spacial score (nSPS) is 20.2. The molecule has 9 heteroatoms. The molecule has 4 unspecified atom stereocenters. The monoisotopic (exact) mass is 532 g/mol. The minimum Gasteiger partial charge on any atom is -0.497 e. The fourth-order valence-corrected chi connectivity index (χ4v) is 4.30. The lowest BCUT2D eigenvalue weighted by Gasteiger charge is -2.33. The number of methoxy groups -OCH3 is 4. The lowest BCUT2D eigenvalue weighted by molar-refractivity contribution is -0.227. The van der Waals surface area contributed by atoms with Crippen molar-refractivity contribution in [2.24, 2.45) is 0 Å². The van der Waals surface area contributed by atoms with Crippen LogP contribution in [0.1, 0.15) is 37.3 Å². The molecule has 0 aromatic heterocycles. The minimum atomic E-state index is -0.674. The number of aliphatic hydroxyl groups is 2. The molecule has 1 aliphatic heterocycles. The lowest BCUT2D eigenvalue weighted by atomic mass is 10.1. The van der Waals surface area contributed by atoms with Crippen molar-refractivity contribution in [3.8, 4) is 28.7 Å². The predicted octanol–water partition coefficient (Wildman–Crippen LogP) is 4.01. The van der Waals surface area contributed by atoms with E-state index in [1.54, 1.807) is 34.5 Å². The Labute approximate surface area is 224 Å². The van der Waals surface area contributed by atoms with Gasteiger partial charge < -0.3 is 43.4 Å². The second-order valence-corrected chi connectivity index (χ2v) is 9.06. The summed E-state index contributed by atoms with van der Waals surface area (Å²) in [7, 11) is 6.37. The van der Waals surface area contributed by atoms with Gasteiger partial charge in [0.2, 0.25) is 5.75 Å². The topological polar surface area (TPSA) is 105 Å². The van der Waals surface area contributed by atoms with Crippen molar-refractivity contribution in [2.75, 3.05) is 41.7 Å². The molecule has 1 fully saturated rings. The highest BCUT2D eigenvalue weighted by Gasteiger charge is 2.30. The second-order valence-electron chi connectivity index (χ2n) is 9.06. The zero-order valence-corrected chi connectivity index (χ0v) is 22.8. The van der Waals surface area contributed by atoms with Crippen LogP contribution in [0.25, 0.3) is 6.08 Å².